The van der Waals surface area contributed by atoms with Crippen molar-refractivity contribution in [3.8, 4) is 11.1 Å². The van der Waals surface area contributed by atoms with E-state index in [-0.39, 0.29) is 0 Å². The van der Waals surface area contributed by atoms with E-state index in [0.717, 1.165) is 12.1 Å². The molecule has 0 radical (unpaired) electrons. The minimum Gasteiger partial charge on any atom is -0.316 e. The predicted molar refractivity (Wildman–Crippen MR) is 79.9 cm³/mol. The van der Waals surface area contributed by atoms with Crippen molar-refractivity contribution in [1.29, 1.82) is 0 Å². The van der Waals surface area contributed by atoms with Crippen LogP contribution in [-0.2, 0) is 6.54 Å². The molecule has 94 valence electrons. The van der Waals surface area contributed by atoms with Crippen LogP contribution in [0.15, 0.2) is 60.8 Å². The first-order valence-corrected chi connectivity index (χ1v) is 6.46. The molecule has 3 rings (SSSR count). The zero-order chi connectivity index (χ0) is 13.1. The fourth-order valence-electron chi connectivity index (χ4n) is 2.41. The highest BCUT2D eigenvalue weighted by Gasteiger charge is 2.04. The highest BCUT2D eigenvalue weighted by Crippen LogP contribution is 2.27. The van der Waals surface area contributed by atoms with Gasteiger partial charge in [0.05, 0.1) is 5.52 Å². The van der Waals surface area contributed by atoms with Crippen LogP contribution in [-0.4, -0.2) is 12.0 Å². The van der Waals surface area contributed by atoms with Crippen LogP contribution in [0.4, 0.5) is 0 Å². The van der Waals surface area contributed by atoms with Gasteiger partial charge in [-0.05, 0) is 41.9 Å². The summed E-state index contributed by atoms with van der Waals surface area (Å²) in [5, 5.41) is 4.39. The molecule has 0 aliphatic heterocycles. The van der Waals surface area contributed by atoms with Crippen LogP contribution in [0.3, 0.4) is 0 Å². The summed E-state index contributed by atoms with van der Waals surface area (Å²) >= 11 is 0. The summed E-state index contributed by atoms with van der Waals surface area (Å²) in [4.78, 5) is 4.41. The maximum absolute atomic E-state index is 4.41. The van der Waals surface area contributed by atoms with Crippen molar-refractivity contribution in [1.82, 2.24) is 10.3 Å². The smallest absolute Gasteiger partial charge is 0.0708 e. The number of nitrogens with one attached hydrogen (secondary N) is 1. The molecule has 1 aromatic heterocycles. The van der Waals surface area contributed by atoms with Gasteiger partial charge in [-0.3, -0.25) is 4.98 Å². The topological polar surface area (TPSA) is 24.9 Å². The van der Waals surface area contributed by atoms with Gasteiger partial charge in [-0.2, -0.15) is 0 Å². The molecule has 0 aliphatic rings. The van der Waals surface area contributed by atoms with Gasteiger partial charge in [0.25, 0.3) is 0 Å². The number of hydrogen-bond donors (Lipinski definition) is 1. The van der Waals surface area contributed by atoms with E-state index in [9.17, 15) is 0 Å². The largest absolute Gasteiger partial charge is 0.316 e. The Kier molecular flexibility index (Phi) is 3.25. The second-order valence-electron chi connectivity index (χ2n) is 4.61. The molecule has 1 heterocycles. The maximum atomic E-state index is 4.41. The SMILES string of the molecule is CNCc1cccc(-c2cccc3ncccc23)c1. The average molecular weight is 248 g/mol. The third-order valence-corrected chi connectivity index (χ3v) is 3.26. The van der Waals surface area contributed by atoms with Crippen LogP contribution < -0.4 is 5.32 Å². The van der Waals surface area contributed by atoms with E-state index >= 15 is 0 Å². The molecule has 1 N–H and O–H groups in total. The molecule has 0 fully saturated rings. The number of pyridine rings is 1. The number of aromatic nitrogens is 1. The number of rotatable bonds is 3. The minimum absolute atomic E-state index is 0.886. The van der Waals surface area contributed by atoms with Crippen LogP contribution in [0.2, 0.25) is 0 Å². The normalized spacial score (nSPS) is 10.8. The minimum atomic E-state index is 0.886. The lowest BCUT2D eigenvalue weighted by Crippen LogP contribution is -2.04. The molecule has 0 saturated heterocycles. The van der Waals surface area contributed by atoms with E-state index in [1.54, 1.807) is 0 Å². The summed E-state index contributed by atoms with van der Waals surface area (Å²) in [6, 6.07) is 19.0. The average Bonchev–Trinajstić information content (AvgIpc) is 2.47. The molecule has 0 spiro atoms. The second kappa shape index (κ2) is 5.21. The van der Waals surface area contributed by atoms with Gasteiger partial charge < -0.3 is 5.32 Å². The maximum Gasteiger partial charge on any atom is 0.0708 e. The number of fused-ring (bicyclic) bond motifs is 1. The molecule has 0 saturated carbocycles. The number of nitrogens with zero attached hydrogens (tertiary/aromatic N) is 1. The van der Waals surface area contributed by atoms with Crippen LogP contribution in [0, 0.1) is 0 Å². The first-order chi connectivity index (χ1) is 9.38. The van der Waals surface area contributed by atoms with Crippen LogP contribution in [0.5, 0.6) is 0 Å². The highest BCUT2D eigenvalue weighted by molar-refractivity contribution is 5.94. The lowest BCUT2D eigenvalue weighted by Gasteiger charge is -2.08. The molecule has 0 amide bonds. The molecule has 3 aromatic rings. The fourth-order valence-corrected chi connectivity index (χ4v) is 2.41. The van der Waals surface area contributed by atoms with Gasteiger partial charge in [-0.1, -0.05) is 36.4 Å². The van der Waals surface area contributed by atoms with Crippen molar-refractivity contribution >= 4 is 10.9 Å². The Morgan fingerprint density at radius 3 is 2.79 bits per heavy atom. The van der Waals surface area contributed by atoms with E-state index in [1.807, 2.05) is 19.3 Å². The summed E-state index contributed by atoms with van der Waals surface area (Å²) in [5.74, 6) is 0. The van der Waals surface area contributed by atoms with Crippen LogP contribution >= 0.6 is 0 Å². The lowest BCUT2D eigenvalue weighted by molar-refractivity contribution is 0.818. The standard InChI is InChI=1S/C17H16N2/c1-18-12-13-5-2-6-14(11-13)15-7-3-9-17-16(15)8-4-10-19-17/h2-11,18H,12H2,1H3. The highest BCUT2D eigenvalue weighted by atomic mass is 14.8. The van der Waals surface area contributed by atoms with E-state index in [2.05, 4.69) is 58.8 Å². The summed E-state index contributed by atoms with van der Waals surface area (Å²) in [6.07, 6.45) is 1.84. The van der Waals surface area contributed by atoms with Crippen molar-refractivity contribution in [3.05, 3.63) is 66.4 Å². The zero-order valence-corrected chi connectivity index (χ0v) is 10.9. The molecule has 2 heteroatoms. The molecular formula is C17H16N2. The van der Waals surface area contributed by atoms with Crippen LogP contribution in [0.25, 0.3) is 22.0 Å². The van der Waals surface area contributed by atoms with Gasteiger partial charge in [0.15, 0.2) is 0 Å². The van der Waals surface area contributed by atoms with Crippen LogP contribution in [0.1, 0.15) is 5.56 Å². The molecular weight excluding hydrogens is 232 g/mol. The van der Waals surface area contributed by atoms with E-state index in [1.165, 1.54) is 22.1 Å². The van der Waals surface area contributed by atoms with Crippen molar-refractivity contribution in [2.24, 2.45) is 0 Å². The van der Waals surface area contributed by atoms with Crippen molar-refractivity contribution in [2.75, 3.05) is 7.05 Å². The molecule has 0 bridgehead atoms. The van der Waals surface area contributed by atoms with Crippen molar-refractivity contribution in [3.63, 3.8) is 0 Å². The molecule has 2 aromatic carbocycles. The zero-order valence-electron chi connectivity index (χ0n) is 10.9. The summed E-state index contributed by atoms with van der Waals surface area (Å²) in [5.41, 5.74) is 4.81. The summed E-state index contributed by atoms with van der Waals surface area (Å²) in [6.45, 7) is 0.886. The Morgan fingerprint density at radius 2 is 1.89 bits per heavy atom. The molecule has 0 aliphatic carbocycles. The first kappa shape index (κ1) is 11.9. The van der Waals surface area contributed by atoms with Crippen molar-refractivity contribution < 1.29 is 0 Å². The lowest BCUT2D eigenvalue weighted by atomic mass is 9.99. The molecule has 2 nitrogen and oxygen atoms in total. The molecule has 19 heavy (non-hydrogen) atoms. The quantitative estimate of drug-likeness (QED) is 0.765. The van der Waals surface area contributed by atoms with Gasteiger partial charge in [-0.25, -0.2) is 0 Å². The third kappa shape index (κ3) is 2.35. The van der Waals surface area contributed by atoms with Crippen molar-refractivity contribution in [2.45, 2.75) is 6.54 Å². The van der Waals surface area contributed by atoms with E-state index < -0.39 is 0 Å². The van der Waals surface area contributed by atoms with Gasteiger partial charge in [0.2, 0.25) is 0 Å². The second-order valence-corrected chi connectivity index (χ2v) is 4.61. The third-order valence-electron chi connectivity index (χ3n) is 3.26. The Hall–Kier alpha value is -2.19. The Bertz CT molecular complexity index is 699. The fraction of sp³-hybridized carbons (Fsp3) is 0.118. The number of benzene rings is 2. The number of hydrogen-bond acceptors (Lipinski definition) is 2. The Morgan fingerprint density at radius 1 is 1.00 bits per heavy atom. The van der Waals surface area contributed by atoms with E-state index in [0.29, 0.717) is 0 Å². The first-order valence-electron chi connectivity index (χ1n) is 6.46. The Labute approximate surface area is 113 Å². The monoisotopic (exact) mass is 248 g/mol. The summed E-state index contributed by atoms with van der Waals surface area (Å²) in [7, 11) is 1.97. The Balaban J connectivity index is 2.16. The summed E-state index contributed by atoms with van der Waals surface area (Å²) < 4.78 is 0. The van der Waals surface area contributed by atoms with Gasteiger partial charge >= 0.3 is 0 Å². The molecule has 0 atom stereocenters. The van der Waals surface area contributed by atoms with Gasteiger partial charge in [-0.15, -0.1) is 0 Å². The van der Waals surface area contributed by atoms with E-state index in [4.69, 9.17) is 0 Å². The van der Waals surface area contributed by atoms with Gasteiger partial charge in [0, 0.05) is 18.1 Å². The van der Waals surface area contributed by atoms with Gasteiger partial charge in [0.1, 0.15) is 0 Å². The molecule has 0 unspecified atom stereocenters. The predicted octanol–water partition coefficient (Wildman–Crippen LogP) is 3.62.